The highest BCUT2D eigenvalue weighted by Gasteiger charge is 2.27. The van der Waals surface area contributed by atoms with Crippen LogP contribution in [0.3, 0.4) is 0 Å². The standard InChI is InChI=1S/C27H35N3O5S2/c1-6-7-13-35-27(32)29-37(33,34)26-23(16-22(36-26)14-18(2)3)20-9-8-10-21(15-20)24(31)17-30-12-11-28-25(30)19(4)5/h8-12,15-16,18-19H,6-7,13-14,17H2,1-5H3,(H,29,32). The molecule has 0 bridgehead atoms. The summed E-state index contributed by atoms with van der Waals surface area (Å²) in [5.41, 5.74) is 1.51. The fraction of sp³-hybridized carbons (Fsp3) is 0.444. The second-order valence-electron chi connectivity index (χ2n) is 9.68. The van der Waals surface area contributed by atoms with E-state index in [0.717, 1.165) is 28.5 Å². The molecule has 0 saturated carbocycles. The Bertz CT molecular complexity index is 1340. The molecular formula is C27H35N3O5S2. The molecule has 3 aromatic rings. The van der Waals surface area contributed by atoms with Crippen LogP contribution in [-0.4, -0.2) is 36.5 Å². The second kappa shape index (κ2) is 12.5. The molecule has 0 aliphatic rings. The number of sulfonamides is 1. The van der Waals surface area contributed by atoms with Crippen molar-refractivity contribution >= 4 is 33.2 Å². The minimum Gasteiger partial charge on any atom is -0.449 e. The first-order chi connectivity index (χ1) is 17.5. The first-order valence-corrected chi connectivity index (χ1v) is 14.8. The van der Waals surface area contributed by atoms with E-state index in [4.69, 9.17) is 4.74 Å². The van der Waals surface area contributed by atoms with E-state index in [9.17, 15) is 18.0 Å². The number of imidazole rings is 1. The Morgan fingerprint density at radius 3 is 2.59 bits per heavy atom. The van der Waals surface area contributed by atoms with E-state index >= 15 is 0 Å². The van der Waals surface area contributed by atoms with Gasteiger partial charge in [-0.2, -0.15) is 0 Å². The van der Waals surface area contributed by atoms with Gasteiger partial charge in [0.25, 0.3) is 10.0 Å². The van der Waals surface area contributed by atoms with Gasteiger partial charge in [0.1, 0.15) is 10.0 Å². The summed E-state index contributed by atoms with van der Waals surface area (Å²) in [7, 11) is -4.18. The molecule has 2 aromatic heterocycles. The molecule has 10 heteroatoms. The van der Waals surface area contributed by atoms with Gasteiger partial charge in [0.15, 0.2) is 5.78 Å². The smallest absolute Gasteiger partial charge is 0.421 e. The lowest BCUT2D eigenvalue weighted by atomic mass is 10.0. The van der Waals surface area contributed by atoms with E-state index < -0.39 is 16.1 Å². The fourth-order valence-corrected chi connectivity index (χ4v) is 6.72. The van der Waals surface area contributed by atoms with E-state index in [-0.39, 0.29) is 29.1 Å². The third-order valence-corrected chi connectivity index (χ3v) is 8.63. The number of nitrogens with one attached hydrogen (secondary N) is 1. The van der Waals surface area contributed by atoms with Crippen molar-refractivity contribution in [1.82, 2.24) is 14.3 Å². The van der Waals surface area contributed by atoms with Crippen molar-refractivity contribution in [1.29, 1.82) is 0 Å². The summed E-state index contributed by atoms with van der Waals surface area (Å²) in [4.78, 5) is 30.5. The molecule has 0 radical (unpaired) electrons. The maximum absolute atomic E-state index is 13.2. The number of unbranched alkanes of at least 4 members (excludes halogenated alkanes) is 1. The molecule has 1 amide bonds. The van der Waals surface area contributed by atoms with Gasteiger partial charge < -0.3 is 9.30 Å². The molecule has 200 valence electrons. The lowest BCUT2D eigenvalue weighted by Gasteiger charge is -2.11. The predicted molar refractivity (Wildman–Crippen MR) is 146 cm³/mol. The summed E-state index contributed by atoms with van der Waals surface area (Å²) in [6, 6.07) is 8.76. The number of Topliss-reactive ketones (excluding diaryl/α,β-unsaturated/α-hetero) is 1. The average molecular weight is 546 g/mol. The Labute approximate surface area is 223 Å². The highest BCUT2D eigenvalue weighted by atomic mass is 32.2. The number of amides is 1. The van der Waals surface area contributed by atoms with E-state index in [2.05, 4.69) is 18.8 Å². The van der Waals surface area contributed by atoms with Crippen molar-refractivity contribution in [2.24, 2.45) is 5.92 Å². The first-order valence-electron chi connectivity index (χ1n) is 12.5. The molecule has 0 fully saturated rings. The molecule has 0 aliphatic heterocycles. The Hall–Kier alpha value is -2.98. The third-order valence-electron chi connectivity index (χ3n) is 5.62. The van der Waals surface area contributed by atoms with Crippen LogP contribution in [-0.2, 0) is 27.7 Å². The molecule has 8 nitrogen and oxygen atoms in total. The molecule has 0 saturated heterocycles. The maximum Gasteiger partial charge on any atom is 0.421 e. The Morgan fingerprint density at radius 1 is 1.16 bits per heavy atom. The summed E-state index contributed by atoms with van der Waals surface area (Å²) in [5, 5.41) is 0. The molecule has 37 heavy (non-hydrogen) atoms. The molecule has 0 atom stereocenters. The van der Waals surface area contributed by atoms with Crippen LogP contribution in [0.25, 0.3) is 11.1 Å². The largest absolute Gasteiger partial charge is 0.449 e. The van der Waals surface area contributed by atoms with Crippen molar-refractivity contribution in [3.8, 4) is 11.1 Å². The van der Waals surface area contributed by atoms with E-state index in [1.807, 2.05) is 36.1 Å². The second-order valence-corrected chi connectivity index (χ2v) is 12.7. The van der Waals surface area contributed by atoms with Gasteiger partial charge in [0.05, 0.1) is 13.2 Å². The van der Waals surface area contributed by atoms with Gasteiger partial charge in [-0.15, -0.1) is 11.3 Å². The zero-order valence-corrected chi connectivity index (χ0v) is 23.6. The van der Waals surface area contributed by atoms with Gasteiger partial charge >= 0.3 is 6.09 Å². The molecule has 0 spiro atoms. The molecule has 0 unspecified atom stereocenters. The van der Waals surface area contributed by atoms with Crippen LogP contribution in [0.1, 0.15) is 74.4 Å². The topological polar surface area (TPSA) is 107 Å². The third kappa shape index (κ3) is 7.52. The summed E-state index contributed by atoms with van der Waals surface area (Å²) in [6.07, 6.45) is 4.62. The Kier molecular flexibility index (Phi) is 9.67. The lowest BCUT2D eigenvalue weighted by molar-refractivity contribution is 0.0970. The number of thiophene rings is 1. The number of nitrogens with zero attached hydrogens (tertiary/aromatic N) is 2. The van der Waals surface area contributed by atoms with Crippen LogP contribution in [0.4, 0.5) is 4.79 Å². The Morgan fingerprint density at radius 2 is 1.92 bits per heavy atom. The van der Waals surface area contributed by atoms with Gasteiger partial charge in [0, 0.05) is 34.3 Å². The molecule has 2 heterocycles. The summed E-state index contributed by atoms with van der Waals surface area (Å²) < 4.78 is 35.3. The fourth-order valence-electron chi connectivity index (χ4n) is 3.88. The number of aromatic nitrogens is 2. The Balaban J connectivity index is 1.94. The summed E-state index contributed by atoms with van der Waals surface area (Å²) >= 11 is 1.13. The molecular weight excluding hydrogens is 510 g/mol. The minimum atomic E-state index is -4.18. The van der Waals surface area contributed by atoms with Crippen LogP contribution in [0.15, 0.2) is 46.9 Å². The average Bonchev–Trinajstić information content (AvgIpc) is 3.46. The van der Waals surface area contributed by atoms with E-state index in [1.54, 1.807) is 36.7 Å². The van der Waals surface area contributed by atoms with Gasteiger partial charge in [-0.1, -0.05) is 59.2 Å². The number of benzene rings is 1. The number of carbonyl (C=O) groups excluding carboxylic acids is 2. The number of ketones is 1. The van der Waals surface area contributed by atoms with Crippen molar-refractivity contribution in [2.45, 2.75) is 70.6 Å². The zero-order chi connectivity index (χ0) is 27.2. The van der Waals surface area contributed by atoms with Crippen LogP contribution in [0.5, 0.6) is 0 Å². The quantitative estimate of drug-likeness (QED) is 0.220. The predicted octanol–water partition coefficient (Wildman–Crippen LogP) is 6.03. The molecule has 1 N–H and O–H groups in total. The van der Waals surface area contributed by atoms with Crippen LogP contribution in [0, 0.1) is 5.92 Å². The van der Waals surface area contributed by atoms with Gasteiger partial charge in [-0.05, 0) is 36.5 Å². The summed E-state index contributed by atoms with van der Waals surface area (Å²) in [5.74, 6) is 1.20. The SMILES string of the molecule is CCCCOC(=O)NS(=O)(=O)c1sc(CC(C)C)cc1-c1cccc(C(=O)Cn2ccnc2C(C)C)c1. The van der Waals surface area contributed by atoms with Gasteiger partial charge in [-0.25, -0.2) is 22.9 Å². The number of ether oxygens (including phenoxy) is 1. The van der Waals surface area contributed by atoms with Crippen LogP contribution >= 0.6 is 11.3 Å². The van der Waals surface area contributed by atoms with Crippen LogP contribution < -0.4 is 4.72 Å². The monoisotopic (exact) mass is 545 g/mol. The number of hydrogen-bond acceptors (Lipinski definition) is 7. The number of rotatable bonds is 12. The maximum atomic E-state index is 13.2. The van der Waals surface area contributed by atoms with Gasteiger partial charge in [-0.3, -0.25) is 4.79 Å². The first kappa shape index (κ1) is 28.6. The van der Waals surface area contributed by atoms with E-state index in [0.29, 0.717) is 35.4 Å². The lowest BCUT2D eigenvalue weighted by Crippen LogP contribution is -2.31. The molecule has 1 aromatic carbocycles. The highest BCUT2D eigenvalue weighted by molar-refractivity contribution is 7.92. The van der Waals surface area contributed by atoms with Gasteiger partial charge in [0.2, 0.25) is 0 Å². The van der Waals surface area contributed by atoms with E-state index in [1.165, 1.54) is 0 Å². The zero-order valence-electron chi connectivity index (χ0n) is 22.0. The normalized spacial score (nSPS) is 11.8. The van der Waals surface area contributed by atoms with Crippen LogP contribution in [0.2, 0.25) is 0 Å². The molecule has 0 aliphatic carbocycles. The number of hydrogen-bond donors (Lipinski definition) is 1. The van der Waals surface area contributed by atoms with Crippen molar-refractivity contribution in [3.63, 3.8) is 0 Å². The van der Waals surface area contributed by atoms with Crippen molar-refractivity contribution in [2.75, 3.05) is 6.61 Å². The van der Waals surface area contributed by atoms with Crippen molar-refractivity contribution in [3.05, 3.63) is 59.0 Å². The minimum absolute atomic E-state index is 0.0249. The summed E-state index contributed by atoms with van der Waals surface area (Å²) in [6.45, 7) is 10.4. The number of carbonyl (C=O) groups is 2. The van der Waals surface area contributed by atoms with Crippen molar-refractivity contribution < 1.29 is 22.7 Å². The highest BCUT2D eigenvalue weighted by Crippen LogP contribution is 2.36. The molecule has 3 rings (SSSR count).